The molecule has 2 heterocycles. The molecule has 0 amide bonds. The van der Waals surface area contributed by atoms with Crippen molar-refractivity contribution >= 4 is 5.69 Å². The number of nitrogens with zero attached hydrogens (tertiary/aromatic N) is 1. The van der Waals surface area contributed by atoms with E-state index in [-0.39, 0.29) is 11.4 Å². The Kier molecular flexibility index (Phi) is 7.94. The number of rotatable bonds is 7. The monoisotopic (exact) mass is 463 g/mol. The topological polar surface area (TPSA) is 222 Å². The number of hydrogen-bond donors (Lipinski definition) is 7. The van der Waals surface area contributed by atoms with E-state index < -0.39 is 79.5 Å². The summed E-state index contributed by atoms with van der Waals surface area (Å²) in [6.07, 6.45) is -15.8. The number of aliphatic hydroxyl groups excluding tert-OH is 7. The molecule has 0 spiro atoms. The van der Waals surface area contributed by atoms with Crippen molar-refractivity contribution in [2.45, 2.75) is 61.4 Å². The van der Waals surface area contributed by atoms with Gasteiger partial charge in [-0.05, 0) is 12.1 Å². The summed E-state index contributed by atoms with van der Waals surface area (Å²) >= 11 is 0. The smallest absolute Gasteiger partial charge is 0.269 e. The molecule has 2 aliphatic rings. The highest BCUT2D eigenvalue weighted by molar-refractivity contribution is 5.36. The summed E-state index contributed by atoms with van der Waals surface area (Å²) in [7, 11) is 0. The van der Waals surface area contributed by atoms with E-state index in [9.17, 15) is 45.9 Å². The van der Waals surface area contributed by atoms with Crippen LogP contribution in [0.4, 0.5) is 5.69 Å². The largest absolute Gasteiger partial charge is 0.462 e. The summed E-state index contributed by atoms with van der Waals surface area (Å²) in [4.78, 5) is 10.2. The van der Waals surface area contributed by atoms with Gasteiger partial charge in [0.2, 0.25) is 6.29 Å². The van der Waals surface area contributed by atoms with Crippen LogP contribution in [0, 0.1) is 10.1 Å². The van der Waals surface area contributed by atoms with Gasteiger partial charge in [0.05, 0.1) is 18.1 Å². The number of ether oxygens (including phenoxy) is 4. The number of nitro groups is 1. The standard InChI is InChI=1S/C18H25NO13/c20-5-9-11(22)13(24)15(26)17(30-9)32-16-14(25)12(23)10(6-21)31-18(16)29-8-3-1-7(2-4-8)19(27)28/h1-4,9-18,20-26H,5-6H2/t9-,10-,11+,12+,13+,14+,15-,16-,17-,18+/m1/s1. The molecule has 2 saturated heterocycles. The van der Waals surface area contributed by atoms with E-state index in [2.05, 4.69) is 0 Å². The maximum absolute atomic E-state index is 10.8. The molecule has 0 radical (unpaired) electrons. The first kappa shape index (κ1) is 24.7. The van der Waals surface area contributed by atoms with Crippen molar-refractivity contribution in [3.63, 3.8) is 0 Å². The second-order valence-electron chi connectivity index (χ2n) is 7.37. The maximum atomic E-state index is 10.8. The van der Waals surface area contributed by atoms with Gasteiger partial charge in [0, 0.05) is 12.1 Å². The zero-order valence-corrected chi connectivity index (χ0v) is 16.5. The van der Waals surface area contributed by atoms with Gasteiger partial charge >= 0.3 is 0 Å². The quantitative estimate of drug-likeness (QED) is 0.155. The van der Waals surface area contributed by atoms with E-state index in [0.29, 0.717) is 0 Å². The molecule has 0 bridgehead atoms. The molecule has 180 valence electrons. The molecule has 14 nitrogen and oxygen atoms in total. The van der Waals surface area contributed by atoms with E-state index in [0.717, 1.165) is 12.1 Å². The van der Waals surface area contributed by atoms with Gasteiger partial charge in [-0.3, -0.25) is 10.1 Å². The molecule has 3 rings (SSSR count). The van der Waals surface area contributed by atoms with E-state index >= 15 is 0 Å². The van der Waals surface area contributed by atoms with Gasteiger partial charge in [-0.15, -0.1) is 0 Å². The van der Waals surface area contributed by atoms with Gasteiger partial charge in [-0.1, -0.05) is 0 Å². The van der Waals surface area contributed by atoms with E-state index in [4.69, 9.17) is 18.9 Å². The molecule has 0 saturated carbocycles. The molecule has 10 atom stereocenters. The minimum Gasteiger partial charge on any atom is -0.462 e. The van der Waals surface area contributed by atoms with Gasteiger partial charge in [-0.25, -0.2) is 0 Å². The zero-order chi connectivity index (χ0) is 23.6. The third kappa shape index (κ3) is 4.99. The molecule has 2 fully saturated rings. The highest BCUT2D eigenvalue weighted by Gasteiger charge is 2.51. The van der Waals surface area contributed by atoms with Crippen LogP contribution in [0.25, 0.3) is 0 Å². The SMILES string of the molecule is O=[N+]([O-])c1ccc(O[C@H]2O[C@H](CO)[C@H](O)[C@H](O)[C@H]2O[C@H]2O[C@H](CO)[C@H](O)[C@H](O)[C@H]2O)cc1. The van der Waals surface area contributed by atoms with Crippen LogP contribution in [0.1, 0.15) is 0 Å². The van der Waals surface area contributed by atoms with Crippen molar-refractivity contribution in [2.75, 3.05) is 13.2 Å². The molecule has 2 aliphatic heterocycles. The minimum absolute atomic E-state index is 0.0586. The summed E-state index contributed by atoms with van der Waals surface area (Å²) in [6.45, 7) is -1.41. The van der Waals surface area contributed by atoms with Gasteiger partial charge in [0.1, 0.15) is 48.5 Å². The van der Waals surface area contributed by atoms with Crippen LogP contribution in [-0.4, -0.2) is 115 Å². The average molecular weight is 463 g/mol. The van der Waals surface area contributed by atoms with Gasteiger partial charge in [0.25, 0.3) is 5.69 Å². The lowest BCUT2D eigenvalue weighted by Crippen LogP contribution is -2.65. The van der Waals surface area contributed by atoms with Crippen molar-refractivity contribution in [1.29, 1.82) is 0 Å². The third-order valence-corrected chi connectivity index (χ3v) is 5.26. The van der Waals surface area contributed by atoms with Crippen LogP contribution >= 0.6 is 0 Å². The van der Waals surface area contributed by atoms with Crippen molar-refractivity contribution in [3.05, 3.63) is 34.4 Å². The Balaban J connectivity index is 1.81. The Morgan fingerprint density at radius 1 is 0.812 bits per heavy atom. The lowest BCUT2D eigenvalue weighted by molar-refractivity contribution is -0.384. The normalized spacial score (nSPS) is 40.1. The fraction of sp³-hybridized carbons (Fsp3) is 0.667. The van der Waals surface area contributed by atoms with Gasteiger partial charge in [-0.2, -0.15) is 0 Å². The van der Waals surface area contributed by atoms with Crippen molar-refractivity contribution in [1.82, 2.24) is 0 Å². The van der Waals surface area contributed by atoms with Crippen LogP contribution < -0.4 is 4.74 Å². The first-order chi connectivity index (χ1) is 15.2. The Hall–Kier alpha value is -1.98. The number of non-ortho nitro benzene ring substituents is 1. The predicted octanol–water partition coefficient (Wildman–Crippen LogP) is -3.40. The van der Waals surface area contributed by atoms with E-state index in [1.54, 1.807) is 0 Å². The van der Waals surface area contributed by atoms with E-state index in [1.807, 2.05) is 0 Å². The lowest BCUT2D eigenvalue weighted by Gasteiger charge is -2.45. The molecule has 0 unspecified atom stereocenters. The summed E-state index contributed by atoms with van der Waals surface area (Å²) in [5.74, 6) is 0.0586. The number of aliphatic hydroxyl groups is 7. The van der Waals surface area contributed by atoms with Crippen LogP contribution in [0.2, 0.25) is 0 Å². The molecule has 1 aromatic rings. The summed E-state index contributed by atoms with van der Waals surface area (Å²) < 4.78 is 21.8. The lowest BCUT2D eigenvalue weighted by atomic mass is 9.97. The first-order valence-corrected chi connectivity index (χ1v) is 9.67. The summed E-state index contributed by atoms with van der Waals surface area (Å²) in [6, 6.07) is 4.80. The highest BCUT2D eigenvalue weighted by atomic mass is 16.8. The summed E-state index contributed by atoms with van der Waals surface area (Å²) in [5, 5.41) is 80.3. The molecule has 1 aromatic carbocycles. The Morgan fingerprint density at radius 3 is 1.88 bits per heavy atom. The molecule has 32 heavy (non-hydrogen) atoms. The number of hydrogen-bond acceptors (Lipinski definition) is 13. The Labute approximate surface area is 180 Å². The summed E-state index contributed by atoms with van der Waals surface area (Å²) in [5.41, 5.74) is -0.209. The van der Waals surface area contributed by atoms with Crippen LogP contribution in [0.3, 0.4) is 0 Å². The second-order valence-corrected chi connectivity index (χ2v) is 7.37. The fourth-order valence-electron chi connectivity index (χ4n) is 3.41. The Morgan fingerprint density at radius 2 is 1.34 bits per heavy atom. The minimum atomic E-state index is -1.80. The van der Waals surface area contributed by atoms with Crippen molar-refractivity contribution in [2.24, 2.45) is 0 Å². The Bertz CT molecular complexity index is 762. The highest BCUT2D eigenvalue weighted by Crippen LogP contribution is 2.31. The average Bonchev–Trinajstić information content (AvgIpc) is 2.78. The predicted molar refractivity (Wildman–Crippen MR) is 100 cm³/mol. The fourth-order valence-corrected chi connectivity index (χ4v) is 3.41. The third-order valence-electron chi connectivity index (χ3n) is 5.26. The van der Waals surface area contributed by atoms with Crippen LogP contribution in [0.5, 0.6) is 5.75 Å². The molecular weight excluding hydrogens is 438 g/mol. The van der Waals surface area contributed by atoms with Crippen LogP contribution in [-0.2, 0) is 14.2 Å². The number of nitro benzene ring substituents is 1. The van der Waals surface area contributed by atoms with Gasteiger partial charge < -0.3 is 54.7 Å². The maximum Gasteiger partial charge on any atom is 0.269 e. The second kappa shape index (κ2) is 10.3. The van der Waals surface area contributed by atoms with Crippen molar-refractivity contribution in [3.8, 4) is 5.75 Å². The molecule has 0 aromatic heterocycles. The van der Waals surface area contributed by atoms with Crippen molar-refractivity contribution < 1.29 is 59.6 Å². The molecule has 7 N–H and O–H groups in total. The first-order valence-electron chi connectivity index (χ1n) is 9.67. The van der Waals surface area contributed by atoms with Crippen LogP contribution in [0.15, 0.2) is 24.3 Å². The molecule has 14 heteroatoms. The number of benzene rings is 1. The van der Waals surface area contributed by atoms with E-state index in [1.165, 1.54) is 12.1 Å². The molecule has 0 aliphatic carbocycles. The molecular formula is C18H25NO13. The zero-order valence-electron chi connectivity index (χ0n) is 16.5. The van der Waals surface area contributed by atoms with Gasteiger partial charge in [0.15, 0.2) is 12.4 Å².